The van der Waals surface area contributed by atoms with Crippen LogP contribution in [0.25, 0.3) is 0 Å². The first-order valence-electron chi connectivity index (χ1n) is 10.1. The standard InChI is InChI=1S/C23H27N3O4S/c1-4-13-24-22(27)21-6-5-14-26(21)23(28)18-8-10-19(11-9-18)25-31(29,30)20-12-7-16(2)17(3)15-20/h4,7-12,15,21,25H,1,5-6,13-14H2,2-3H3,(H,24,27)/t21-/m0/s1. The van der Waals surface area contributed by atoms with E-state index in [1.807, 2.05) is 13.8 Å². The first-order chi connectivity index (χ1) is 14.7. The van der Waals surface area contributed by atoms with Crippen LogP contribution in [-0.4, -0.2) is 44.3 Å². The number of rotatable bonds is 7. The van der Waals surface area contributed by atoms with Gasteiger partial charge in [-0.05, 0) is 74.2 Å². The molecule has 1 aliphatic heterocycles. The van der Waals surface area contributed by atoms with Crippen molar-refractivity contribution in [3.05, 3.63) is 71.8 Å². The van der Waals surface area contributed by atoms with Crippen LogP contribution >= 0.6 is 0 Å². The van der Waals surface area contributed by atoms with Crippen molar-refractivity contribution in [2.24, 2.45) is 0 Å². The summed E-state index contributed by atoms with van der Waals surface area (Å²) in [5.41, 5.74) is 2.66. The van der Waals surface area contributed by atoms with Gasteiger partial charge in [-0.2, -0.15) is 0 Å². The zero-order chi connectivity index (χ0) is 22.6. The summed E-state index contributed by atoms with van der Waals surface area (Å²) in [6, 6.07) is 10.7. The van der Waals surface area contributed by atoms with E-state index in [4.69, 9.17) is 0 Å². The number of aryl methyl sites for hydroxylation is 2. The molecule has 0 unspecified atom stereocenters. The predicted molar refractivity (Wildman–Crippen MR) is 120 cm³/mol. The van der Waals surface area contributed by atoms with Crippen LogP contribution in [0.4, 0.5) is 5.69 Å². The minimum Gasteiger partial charge on any atom is -0.351 e. The second kappa shape index (κ2) is 9.34. The van der Waals surface area contributed by atoms with Gasteiger partial charge in [-0.1, -0.05) is 12.1 Å². The van der Waals surface area contributed by atoms with Crippen molar-refractivity contribution in [2.45, 2.75) is 37.6 Å². The molecule has 7 nitrogen and oxygen atoms in total. The fraction of sp³-hybridized carbons (Fsp3) is 0.304. The van der Waals surface area contributed by atoms with Gasteiger partial charge in [0.05, 0.1) is 4.90 Å². The summed E-state index contributed by atoms with van der Waals surface area (Å²) in [6.07, 6.45) is 2.96. The molecule has 0 aliphatic carbocycles. The first-order valence-corrected chi connectivity index (χ1v) is 11.6. The van der Waals surface area contributed by atoms with E-state index in [0.717, 1.165) is 17.5 Å². The van der Waals surface area contributed by atoms with Crippen molar-refractivity contribution in [2.75, 3.05) is 17.8 Å². The molecule has 1 atom stereocenters. The van der Waals surface area contributed by atoms with Gasteiger partial charge < -0.3 is 10.2 Å². The number of nitrogens with one attached hydrogen (secondary N) is 2. The lowest BCUT2D eigenvalue weighted by Crippen LogP contribution is -2.46. The highest BCUT2D eigenvalue weighted by Gasteiger charge is 2.34. The van der Waals surface area contributed by atoms with E-state index < -0.39 is 16.1 Å². The third-order valence-electron chi connectivity index (χ3n) is 5.41. The molecular formula is C23H27N3O4S. The molecule has 1 aliphatic rings. The highest BCUT2D eigenvalue weighted by molar-refractivity contribution is 7.92. The minimum atomic E-state index is -3.74. The molecule has 0 saturated carbocycles. The summed E-state index contributed by atoms with van der Waals surface area (Å²) in [5.74, 6) is -0.441. The third-order valence-corrected chi connectivity index (χ3v) is 6.79. The normalized spacial score (nSPS) is 16.1. The van der Waals surface area contributed by atoms with Gasteiger partial charge in [-0.15, -0.1) is 6.58 Å². The topological polar surface area (TPSA) is 95.6 Å². The van der Waals surface area contributed by atoms with Crippen LogP contribution in [0.2, 0.25) is 0 Å². The zero-order valence-corrected chi connectivity index (χ0v) is 18.5. The first kappa shape index (κ1) is 22.6. The fourth-order valence-corrected chi connectivity index (χ4v) is 4.66. The van der Waals surface area contributed by atoms with Gasteiger partial charge in [0.15, 0.2) is 0 Å². The van der Waals surface area contributed by atoms with Crippen LogP contribution in [0.15, 0.2) is 60.0 Å². The average molecular weight is 442 g/mol. The molecule has 8 heteroatoms. The van der Waals surface area contributed by atoms with Crippen LogP contribution < -0.4 is 10.0 Å². The van der Waals surface area contributed by atoms with Crippen LogP contribution in [-0.2, 0) is 14.8 Å². The lowest BCUT2D eigenvalue weighted by molar-refractivity contribution is -0.124. The van der Waals surface area contributed by atoms with Crippen LogP contribution in [0, 0.1) is 13.8 Å². The van der Waals surface area contributed by atoms with E-state index >= 15 is 0 Å². The third kappa shape index (κ3) is 5.14. The highest BCUT2D eigenvalue weighted by Crippen LogP contribution is 2.23. The molecule has 2 aromatic rings. The number of anilines is 1. The van der Waals surface area contributed by atoms with Crippen molar-refractivity contribution >= 4 is 27.5 Å². The van der Waals surface area contributed by atoms with Crippen molar-refractivity contribution in [3.63, 3.8) is 0 Å². The lowest BCUT2D eigenvalue weighted by atomic mass is 10.1. The molecule has 3 rings (SSSR count). The number of nitrogens with zero attached hydrogens (tertiary/aromatic N) is 1. The number of hydrogen-bond acceptors (Lipinski definition) is 4. The highest BCUT2D eigenvalue weighted by atomic mass is 32.2. The van der Waals surface area contributed by atoms with Gasteiger partial charge >= 0.3 is 0 Å². The number of carbonyl (C=O) groups is 2. The quantitative estimate of drug-likeness (QED) is 0.646. The summed E-state index contributed by atoms with van der Waals surface area (Å²) in [7, 11) is -3.74. The van der Waals surface area contributed by atoms with Crippen LogP contribution in [0.5, 0.6) is 0 Å². The summed E-state index contributed by atoms with van der Waals surface area (Å²) >= 11 is 0. The van der Waals surface area contributed by atoms with Gasteiger partial charge in [0.1, 0.15) is 6.04 Å². The molecule has 164 valence electrons. The summed E-state index contributed by atoms with van der Waals surface area (Å²) in [4.78, 5) is 27.0. The number of sulfonamides is 1. The number of hydrogen-bond donors (Lipinski definition) is 2. The Labute approximate surface area is 183 Å². The van der Waals surface area contributed by atoms with Crippen LogP contribution in [0.3, 0.4) is 0 Å². The van der Waals surface area contributed by atoms with Crippen molar-refractivity contribution in [1.82, 2.24) is 10.2 Å². The molecule has 2 N–H and O–H groups in total. The monoisotopic (exact) mass is 441 g/mol. The Morgan fingerprint density at radius 1 is 1.13 bits per heavy atom. The van der Waals surface area contributed by atoms with Crippen molar-refractivity contribution < 1.29 is 18.0 Å². The van der Waals surface area contributed by atoms with Gasteiger partial charge in [0.25, 0.3) is 15.9 Å². The Kier molecular flexibility index (Phi) is 6.80. The Morgan fingerprint density at radius 3 is 2.48 bits per heavy atom. The smallest absolute Gasteiger partial charge is 0.261 e. The predicted octanol–water partition coefficient (Wildman–Crippen LogP) is 3.01. The van der Waals surface area contributed by atoms with Crippen molar-refractivity contribution in [3.8, 4) is 0 Å². The van der Waals surface area contributed by atoms with E-state index in [-0.39, 0.29) is 16.7 Å². The molecule has 0 radical (unpaired) electrons. The summed E-state index contributed by atoms with van der Waals surface area (Å²) in [6.45, 7) is 8.22. The van der Waals surface area contributed by atoms with E-state index in [0.29, 0.717) is 30.8 Å². The van der Waals surface area contributed by atoms with E-state index in [9.17, 15) is 18.0 Å². The minimum absolute atomic E-state index is 0.182. The second-order valence-electron chi connectivity index (χ2n) is 7.62. The fourth-order valence-electron chi connectivity index (χ4n) is 3.51. The Bertz CT molecular complexity index is 1090. The molecule has 1 fully saturated rings. The van der Waals surface area contributed by atoms with E-state index in [2.05, 4.69) is 16.6 Å². The summed E-state index contributed by atoms with van der Waals surface area (Å²) in [5, 5.41) is 2.74. The molecule has 2 aromatic carbocycles. The van der Waals surface area contributed by atoms with Crippen molar-refractivity contribution in [1.29, 1.82) is 0 Å². The molecule has 1 heterocycles. The molecule has 31 heavy (non-hydrogen) atoms. The number of carbonyl (C=O) groups excluding carboxylic acids is 2. The molecule has 0 aromatic heterocycles. The van der Waals surface area contributed by atoms with E-state index in [1.165, 1.54) is 0 Å². The SMILES string of the molecule is C=CCNC(=O)[C@@H]1CCCN1C(=O)c1ccc(NS(=O)(=O)c2ccc(C)c(C)c2)cc1. The van der Waals surface area contributed by atoms with Gasteiger partial charge in [0.2, 0.25) is 5.91 Å². The number of likely N-dealkylation sites (tertiary alicyclic amines) is 1. The molecule has 2 amide bonds. The molecule has 0 spiro atoms. The average Bonchev–Trinajstić information content (AvgIpc) is 3.23. The zero-order valence-electron chi connectivity index (χ0n) is 17.7. The molecule has 1 saturated heterocycles. The number of benzene rings is 2. The maximum Gasteiger partial charge on any atom is 0.261 e. The van der Waals surface area contributed by atoms with Gasteiger partial charge in [0, 0.05) is 24.3 Å². The Balaban J connectivity index is 1.72. The number of amides is 2. The lowest BCUT2D eigenvalue weighted by Gasteiger charge is -2.24. The Hall–Kier alpha value is -3.13. The maximum absolute atomic E-state index is 12.9. The van der Waals surface area contributed by atoms with Gasteiger partial charge in [-0.25, -0.2) is 8.42 Å². The molecule has 0 bridgehead atoms. The van der Waals surface area contributed by atoms with Crippen LogP contribution in [0.1, 0.15) is 34.3 Å². The van der Waals surface area contributed by atoms with E-state index in [1.54, 1.807) is 53.4 Å². The Morgan fingerprint density at radius 2 is 1.84 bits per heavy atom. The van der Waals surface area contributed by atoms with Gasteiger partial charge in [-0.3, -0.25) is 14.3 Å². The maximum atomic E-state index is 12.9. The second-order valence-corrected chi connectivity index (χ2v) is 9.30. The summed E-state index contributed by atoms with van der Waals surface area (Å²) < 4.78 is 27.9. The molecular weight excluding hydrogens is 414 g/mol. The largest absolute Gasteiger partial charge is 0.351 e.